The van der Waals surface area contributed by atoms with Crippen molar-refractivity contribution in [3.8, 4) is 5.75 Å². The third kappa shape index (κ3) is 5.79. The van der Waals surface area contributed by atoms with Crippen LogP contribution in [-0.4, -0.2) is 84.9 Å². The second-order valence-electron chi connectivity index (χ2n) is 11.3. The van der Waals surface area contributed by atoms with Crippen molar-refractivity contribution in [2.75, 3.05) is 56.9 Å². The van der Waals surface area contributed by atoms with Crippen molar-refractivity contribution in [2.24, 2.45) is 0 Å². The van der Waals surface area contributed by atoms with Crippen molar-refractivity contribution in [3.05, 3.63) is 83.9 Å². The number of aliphatic hydroxyl groups is 1. The molecule has 43 heavy (non-hydrogen) atoms. The molecule has 1 atom stereocenters. The van der Waals surface area contributed by atoms with Crippen LogP contribution in [0.25, 0.3) is 0 Å². The topological polar surface area (TPSA) is 85.8 Å². The smallest absolute Gasteiger partial charge is 0.337 e. The molecule has 9 nitrogen and oxygen atoms in total. The van der Waals surface area contributed by atoms with Crippen LogP contribution in [0.5, 0.6) is 5.75 Å². The van der Waals surface area contributed by atoms with E-state index in [0.29, 0.717) is 18.8 Å². The second kappa shape index (κ2) is 12.5. The first-order valence-electron chi connectivity index (χ1n) is 14.7. The fourth-order valence-corrected chi connectivity index (χ4v) is 7.58. The van der Waals surface area contributed by atoms with Crippen LogP contribution in [0.2, 0.25) is 0 Å². The molecule has 0 bridgehead atoms. The second-order valence-corrected chi connectivity index (χ2v) is 12.4. The van der Waals surface area contributed by atoms with Crippen molar-refractivity contribution >= 4 is 35.0 Å². The van der Waals surface area contributed by atoms with Crippen molar-refractivity contribution in [3.63, 3.8) is 0 Å². The third-order valence-electron chi connectivity index (χ3n) is 8.85. The molecular formula is C33H38N4O5S. The molecule has 0 aromatic heterocycles. The van der Waals surface area contributed by atoms with Gasteiger partial charge in [0.2, 0.25) is 5.91 Å². The number of fused-ring (bicyclic) bond motifs is 1. The lowest BCUT2D eigenvalue weighted by Gasteiger charge is -2.43. The fraction of sp³-hybridized carbons (Fsp3) is 0.394. The summed E-state index contributed by atoms with van der Waals surface area (Å²) in [6.07, 6.45) is 2.38. The van der Waals surface area contributed by atoms with Crippen LogP contribution >= 0.6 is 11.8 Å². The number of likely N-dealkylation sites (tertiary alicyclic amines) is 1. The molecule has 226 valence electrons. The van der Waals surface area contributed by atoms with Gasteiger partial charge in [0.15, 0.2) is 5.56 Å². The molecule has 1 amide bonds. The van der Waals surface area contributed by atoms with Gasteiger partial charge in [-0.25, -0.2) is 4.79 Å². The Morgan fingerprint density at radius 2 is 1.77 bits per heavy atom. The number of hydrogen-bond acceptors (Lipinski definition) is 9. The van der Waals surface area contributed by atoms with E-state index < -0.39 is 11.1 Å². The summed E-state index contributed by atoms with van der Waals surface area (Å²) in [7, 11) is 3.02. The van der Waals surface area contributed by atoms with Gasteiger partial charge < -0.3 is 34.2 Å². The molecule has 3 aliphatic heterocycles. The van der Waals surface area contributed by atoms with E-state index in [2.05, 4.69) is 26.8 Å². The van der Waals surface area contributed by atoms with Crippen LogP contribution in [-0.2, 0) is 16.1 Å². The minimum atomic E-state index is -0.633. The molecule has 3 aromatic rings. The highest BCUT2D eigenvalue weighted by atomic mass is 32.2. The molecule has 1 spiro atoms. The lowest BCUT2D eigenvalue weighted by atomic mass is 9.85. The standard InChI is InChI=1S/C33H38N4O5S/c1-41-27-13-11-26(12-14-27)37-23-35(22-24-7-5-8-25(21-24)30(38)42-2)31(39)33(37)15-19-34(20-16-33)17-6-18-36-28-9-3-4-10-29(28)43-32(36)40/h3-5,7-14,21,32,40H,6,15-20,22-23H2,1-2H3. The van der Waals surface area contributed by atoms with Gasteiger partial charge in [0.25, 0.3) is 0 Å². The molecule has 2 fully saturated rings. The Bertz CT molecular complexity index is 1460. The first-order valence-corrected chi connectivity index (χ1v) is 15.6. The molecule has 3 aromatic carbocycles. The minimum absolute atomic E-state index is 0.125. The van der Waals surface area contributed by atoms with Gasteiger partial charge in [-0.2, -0.15) is 0 Å². The van der Waals surface area contributed by atoms with Gasteiger partial charge in [-0.05, 0) is 79.9 Å². The summed E-state index contributed by atoms with van der Waals surface area (Å²) in [5.74, 6) is 0.513. The van der Waals surface area contributed by atoms with Crippen LogP contribution in [0.3, 0.4) is 0 Å². The van der Waals surface area contributed by atoms with Gasteiger partial charge >= 0.3 is 5.97 Å². The van der Waals surface area contributed by atoms with E-state index in [4.69, 9.17) is 9.47 Å². The van der Waals surface area contributed by atoms with Gasteiger partial charge in [-0.3, -0.25) is 4.79 Å². The van der Waals surface area contributed by atoms with Gasteiger partial charge in [0, 0.05) is 36.8 Å². The third-order valence-corrected chi connectivity index (χ3v) is 9.91. The summed E-state index contributed by atoms with van der Waals surface area (Å²) in [5, 5.41) is 10.6. The average Bonchev–Trinajstić information content (AvgIpc) is 3.50. The number of ether oxygens (including phenoxy) is 2. The number of esters is 1. The first kappa shape index (κ1) is 29.3. The maximum absolute atomic E-state index is 14.2. The van der Waals surface area contributed by atoms with E-state index in [9.17, 15) is 14.7 Å². The number of benzene rings is 3. The quantitative estimate of drug-likeness (QED) is 0.358. The zero-order valence-corrected chi connectivity index (χ0v) is 25.5. The fourth-order valence-electron chi connectivity index (χ4n) is 6.54. The molecule has 1 N–H and O–H groups in total. The Hall–Kier alpha value is -3.73. The Kier molecular flexibility index (Phi) is 8.52. The maximum Gasteiger partial charge on any atom is 0.337 e. The van der Waals surface area contributed by atoms with Gasteiger partial charge in [-0.15, -0.1) is 0 Å². The minimum Gasteiger partial charge on any atom is -0.497 e. The molecule has 0 radical (unpaired) electrons. The van der Waals surface area contributed by atoms with Gasteiger partial charge in [0.1, 0.15) is 11.3 Å². The van der Waals surface area contributed by atoms with E-state index in [1.165, 1.54) is 18.9 Å². The largest absolute Gasteiger partial charge is 0.497 e. The molecule has 3 aliphatic rings. The average molecular weight is 603 g/mol. The first-order chi connectivity index (χ1) is 20.9. The van der Waals surface area contributed by atoms with Gasteiger partial charge in [-0.1, -0.05) is 36.0 Å². The highest BCUT2D eigenvalue weighted by Gasteiger charge is 2.53. The lowest BCUT2D eigenvalue weighted by molar-refractivity contribution is -0.134. The van der Waals surface area contributed by atoms with Crippen molar-refractivity contribution in [1.82, 2.24) is 9.80 Å². The zero-order valence-electron chi connectivity index (χ0n) is 24.6. The van der Waals surface area contributed by atoms with Crippen LogP contribution in [0.1, 0.15) is 35.2 Å². The monoisotopic (exact) mass is 602 g/mol. The number of carbonyl (C=O) groups is 2. The number of thioether (sulfide) groups is 1. The van der Waals surface area contributed by atoms with Crippen molar-refractivity contribution in [1.29, 1.82) is 0 Å². The predicted octanol–water partition coefficient (Wildman–Crippen LogP) is 4.40. The van der Waals surface area contributed by atoms with E-state index in [-0.39, 0.29) is 11.9 Å². The Morgan fingerprint density at radius 1 is 1.00 bits per heavy atom. The zero-order chi connectivity index (χ0) is 30.0. The summed E-state index contributed by atoms with van der Waals surface area (Å²) in [6, 6.07) is 23.4. The number of amides is 1. The molecule has 0 saturated carbocycles. The number of methoxy groups -OCH3 is 2. The Balaban J connectivity index is 1.15. The molecular weight excluding hydrogens is 564 g/mol. The molecule has 10 heteroatoms. The van der Waals surface area contributed by atoms with Crippen molar-refractivity contribution in [2.45, 2.75) is 41.8 Å². The van der Waals surface area contributed by atoms with E-state index in [0.717, 1.165) is 73.0 Å². The lowest BCUT2D eigenvalue weighted by Crippen LogP contribution is -2.56. The Labute approximate surface area is 257 Å². The summed E-state index contributed by atoms with van der Waals surface area (Å²) < 4.78 is 10.3. The van der Waals surface area contributed by atoms with Crippen LogP contribution < -0.4 is 14.5 Å². The predicted molar refractivity (Wildman–Crippen MR) is 167 cm³/mol. The highest BCUT2D eigenvalue weighted by Crippen LogP contribution is 2.43. The number of aliphatic hydroxyl groups excluding tert-OH is 1. The number of nitrogens with zero attached hydrogens (tertiary/aromatic N) is 4. The van der Waals surface area contributed by atoms with Gasteiger partial charge in [0.05, 0.1) is 32.1 Å². The SMILES string of the molecule is COC(=O)c1cccc(CN2CN(c3ccc(OC)cc3)C3(CCN(CCCN4c5ccccc5SC4O)CC3)C2=O)c1. The molecule has 1 unspecified atom stereocenters. The van der Waals surface area contributed by atoms with E-state index in [1.807, 2.05) is 53.4 Å². The maximum atomic E-state index is 14.2. The summed E-state index contributed by atoms with van der Waals surface area (Å²) in [4.78, 5) is 36.1. The molecule has 0 aliphatic carbocycles. The molecule has 3 heterocycles. The number of rotatable bonds is 9. The summed E-state index contributed by atoms with van der Waals surface area (Å²) >= 11 is 1.49. The van der Waals surface area contributed by atoms with E-state index in [1.54, 1.807) is 19.2 Å². The summed E-state index contributed by atoms with van der Waals surface area (Å²) in [5.41, 5.74) is 2.28. The van der Waals surface area contributed by atoms with Crippen LogP contribution in [0, 0.1) is 0 Å². The van der Waals surface area contributed by atoms with Crippen LogP contribution in [0.4, 0.5) is 11.4 Å². The highest BCUT2D eigenvalue weighted by molar-refractivity contribution is 8.00. The van der Waals surface area contributed by atoms with Crippen molar-refractivity contribution < 1.29 is 24.2 Å². The normalized spacial score (nSPS) is 19.7. The molecule has 2 saturated heterocycles. The number of piperidine rings is 1. The summed E-state index contributed by atoms with van der Waals surface area (Å²) in [6.45, 7) is 4.21. The Morgan fingerprint density at radius 3 is 2.51 bits per heavy atom. The molecule has 6 rings (SSSR count). The van der Waals surface area contributed by atoms with E-state index >= 15 is 0 Å². The van der Waals surface area contributed by atoms with Crippen LogP contribution in [0.15, 0.2) is 77.7 Å². The number of hydrogen-bond donors (Lipinski definition) is 1. The number of carbonyl (C=O) groups excluding carboxylic acids is 2. The number of para-hydroxylation sites is 1. The number of anilines is 2.